The molecule has 6 nitrogen and oxygen atoms in total. The van der Waals surface area contributed by atoms with Gasteiger partial charge in [0.05, 0.1) is 7.11 Å². The first-order chi connectivity index (χ1) is 12.6. The fourth-order valence-corrected chi connectivity index (χ4v) is 3.27. The van der Waals surface area contributed by atoms with Gasteiger partial charge in [-0.2, -0.15) is 0 Å². The van der Waals surface area contributed by atoms with Crippen LogP contribution in [0.3, 0.4) is 0 Å². The Morgan fingerprint density at radius 1 is 1.15 bits per heavy atom. The molecule has 1 aromatic heterocycles. The highest BCUT2D eigenvalue weighted by molar-refractivity contribution is 5.96. The van der Waals surface area contributed by atoms with Crippen molar-refractivity contribution in [3.63, 3.8) is 0 Å². The fourth-order valence-electron chi connectivity index (χ4n) is 3.27. The zero-order valence-electron chi connectivity index (χ0n) is 15.2. The summed E-state index contributed by atoms with van der Waals surface area (Å²) in [6.45, 7) is 4.26. The monoisotopic (exact) mass is 356 g/mol. The number of hydrogen-bond acceptors (Lipinski definition) is 4. The third-order valence-corrected chi connectivity index (χ3v) is 4.66. The SMILES string of the molecule is CCc1oc2ccccc2c1/C=C/C(=O)N1CCCN(C(=O)OC)CC1. The van der Waals surface area contributed by atoms with Crippen molar-refractivity contribution in [3.8, 4) is 0 Å². The highest BCUT2D eigenvalue weighted by Gasteiger charge is 2.21. The number of fused-ring (bicyclic) bond motifs is 1. The maximum absolute atomic E-state index is 12.6. The maximum atomic E-state index is 12.6. The molecule has 0 radical (unpaired) electrons. The zero-order chi connectivity index (χ0) is 18.5. The predicted octanol–water partition coefficient (Wildman–Crippen LogP) is 3.31. The Labute approximate surface area is 153 Å². The van der Waals surface area contributed by atoms with Gasteiger partial charge in [-0.05, 0) is 18.6 Å². The van der Waals surface area contributed by atoms with Crippen LogP contribution >= 0.6 is 0 Å². The van der Waals surface area contributed by atoms with Crippen LogP contribution in [-0.2, 0) is 16.0 Å². The predicted molar refractivity (Wildman–Crippen MR) is 99.8 cm³/mol. The first-order valence-corrected chi connectivity index (χ1v) is 8.94. The second kappa shape index (κ2) is 8.08. The number of amides is 2. The van der Waals surface area contributed by atoms with Crippen molar-refractivity contribution in [2.45, 2.75) is 19.8 Å². The Balaban J connectivity index is 1.73. The lowest BCUT2D eigenvalue weighted by molar-refractivity contribution is -0.125. The van der Waals surface area contributed by atoms with Gasteiger partial charge in [-0.15, -0.1) is 0 Å². The molecule has 26 heavy (non-hydrogen) atoms. The van der Waals surface area contributed by atoms with Crippen molar-refractivity contribution in [1.82, 2.24) is 9.80 Å². The molecule has 3 rings (SSSR count). The lowest BCUT2D eigenvalue weighted by Gasteiger charge is -2.20. The van der Waals surface area contributed by atoms with Crippen molar-refractivity contribution in [2.24, 2.45) is 0 Å². The molecule has 1 aliphatic rings. The second-order valence-electron chi connectivity index (χ2n) is 6.26. The second-order valence-corrected chi connectivity index (χ2v) is 6.26. The molecule has 0 aliphatic carbocycles. The highest BCUT2D eigenvalue weighted by Crippen LogP contribution is 2.27. The molecule has 2 aromatic rings. The van der Waals surface area contributed by atoms with Crippen LogP contribution in [0.4, 0.5) is 4.79 Å². The number of para-hydroxylation sites is 1. The van der Waals surface area contributed by atoms with E-state index in [0.717, 1.165) is 35.1 Å². The summed E-state index contributed by atoms with van der Waals surface area (Å²) < 4.78 is 10.6. The Hall–Kier alpha value is -2.76. The molecule has 2 heterocycles. The lowest BCUT2D eigenvalue weighted by atomic mass is 10.1. The number of furan rings is 1. The standard InChI is InChI=1S/C20H24N2O4/c1-3-17-16(15-7-4-5-8-18(15)26-17)9-10-19(23)21-11-6-12-22(14-13-21)20(24)25-2/h4-5,7-10H,3,6,11-14H2,1-2H3/b10-9+. The molecule has 138 valence electrons. The highest BCUT2D eigenvalue weighted by atomic mass is 16.5. The minimum atomic E-state index is -0.340. The smallest absolute Gasteiger partial charge is 0.409 e. The summed E-state index contributed by atoms with van der Waals surface area (Å²) in [7, 11) is 1.37. The first-order valence-electron chi connectivity index (χ1n) is 8.94. The van der Waals surface area contributed by atoms with Gasteiger partial charge in [-0.25, -0.2) is 4.79 Å². The third kappa shape index (κ3) is 3.74. The molecule has 0 unspecified atom stereocenters. The van der Waals surface area contributed by atoms with Crippen LogP contribution in [0, 0.1) is 0 Å². The van der Waals surface area contributed by atoms with Crippen LogP contribution < -0.4 is 0 Å². The normalized spacial score (nSPS) is 15.5. The van der Waals surface area contributed by atoms with E-state index in [4.69, 9.17) is 9.15 Å². The van der Waals surface area contributed by atoms with Crippen LogP contribution in [-0.4, -0.2) is 55.1 Å². The van der Waals surface area contributed by atoms with Crippen LogP contribution in [0.25, 0.3) is 17.0 Å². The number of nitrogens with zero attached hydrogens (tertiary/aromatic N) is 2. The van der Waals surface area contributed by atoms with E-state index in [1.807, 2.05) is 37.3 Å². The first kappa shape index (κ1) is 18.0. The number of methoxy groups -OCH3 is 1. The summed E-state index contributed by atoms with van der Waals surface area (Å²) >= 11 is 0. The molecular weight excluding hydrogens is 332 g/mol. The Morgan fingerprint density at radius 2 is 1.88 bits per heavy atom. The summed E-state index contributed by atoms with van der Waals surface area (Å²) in [6.07, 6.45) is 4.61. The molecule has 1 aliphatic heterocycles. The number of rotatable bonds is 3. The van der Waals surface area contributed by atoms with Crippen LogP contribution in [0.1, 0.15) is 24.7 Å². The van der Waals surface area contributed by atoms with E-state index in [-0.39, 0.29) is 12.0 Å². The Kier molecular flexibility index (Phi) is 5.61. The van der Waals surface area contributed by atoms with Gasteiger partial charge in [0.15, 0.2) is 0 Å². The minimum absolute atomic E-state index is 0.0518. The van der Waals surface area contributed by atoms with E-state index in [1.165, 1.54) is 7.11 Å². The molecule has 0 atom stereocenters. The van der Waals surface area contributed by atoms with Gasteiger partial charge in [-0.1, -0.05) is 25.1 Å². The molecule has 1 aromatic carbocycles. The molecule has 0 spiro atoms. The molecule has 1 saturated heterocycles. The van der Waals surface area contributed by atoms with Crippen LogP contribution in [0.15, 0.2) is 34.8 Å². The summed E-state index contributed by atoms with van der Waals surface area (Å²) in [5.74, 6) is 0.826. The molecule has 0 bridgehead atoms. The lowest BCUT2D eigenvalue weighted by Crippen LogP contribution is -2.36. The van der Waals surface area contributed by atoms with Gasteiger partial charge in [0.25, 0.3) is 0 Å². The molecule has 0 N–H and O–H groups in total. The summed E-state index contributed by atoms with van der Waals surface area (Å²) in [4.78, 5) is 27.7. The van der Waals surface area contributed by atoms with Crippen LogP contribution in [0.5, 0.6) is 0 Å². The van der Waals surface area contributed by atoms with Crippen molar-refractivity contribution < 1.29 is 18.7 Å². The van der Waals surface area contributed by atoms with Crippen molar-refractivity contribution in [1.29, 1.82) is 0 Å². The van der Waals surface area contributed by atoms with Crippen molar-refractivity contribution >= 4 is 29.0 Å². The largest absolute Gasteiger partial charge is 0.460 e. The van der Waals surface area contributed by atoms with E-state index in [9.17, 15) is 9.59 Å². The number of carbonyl (C=O) groups is 2. The summed E-state index contributed by atoms with van der Waals surface area (Å²) in [6, 6.07) is 7.84. The van der Waals surface area contributed by atoms with Crippen molar-refractivity contribution in [2.75, 3.05) is 33.3 Å². The minimum Gasteiger partial charge on any atom is -0.460 e. The number of aryl methyl sites for hydroxylation is 1. The van der Waals surface area contributed by atoms with Gasteiger partial charge in [0.1, 0.15) is 11.3 Å². The average Bonchev–Trinajstić information content (AvgIpc) is 2.84. The van der Waals surface area contributed by atoms with E-state index >= 15 is 0 Å². The molecular formula is C20H24N2O4. The summed E-state index contributed by atoms with van der Waals surface area (Å²) in [5.41, 5.74) is 1.79. The third-order valence-electron chi connectivity index (χ3n) is 4.66. The van der Waals surface area contributed by atoms with Gasteiger partial charge >= 0.3 is 6.09 Å². The number of ether oxygens (including phenoxy) is 1. The topological polar surface area (TPSA) is 63.0 Å². The van der Waals surface area contributed by atoms with E-state index in [1.54, 1.807) is 15.9 Å². The van der Waals surface area contributed by atoms with Gasteiger partial charge < -0.3 is 19.0 Å². The molecule has 2 amide bonds. The van der Waals surface area contributed by atoms with Crippen molar-refractivity contribution in [3.05, 3.63) is 41.7 Å². The number of benzene rings is 1. The fraction of sp³-hybridized carbons (Fsp3) is 0.400. The quantitative estimate of drug-likeness (QED) is 0.792. The van der Waals surface area contributed by atoms with E-state index in [0.29, 0.717) is 26.2 Å². The average molecular weight is 356 g/mol. The molecule has 1 fully saturated rings. The van der Waals surface area contributed by atoms with E-state index in [2.05, 4.69) is 0 Å². The maximum Gasteiger partial charge on any atom is 0.409 e. The molecule has 6 heteroatoms. The Bertz CT molecular complexity index is 824. The summed E-state index contributed by atoms with van der Waals surface area (Å²) in [5, 5.41) is 1.01. The Morgan fingerprint density at radius 3 is 2.65 bits per heavy atom. The van der Waals surface area contributed by atoms with E-state index < -0.39 is 0 Å². The zero-order valence-corrected chi connectivity index (χ0v) is 15.2. The van der Waals surface area contributed by atoms with Gasteiger partial charge in [0, 0.05) is 49.6 Å². The van der Waals surface area contributed by atoms with Gasteiger partial charge in [-0.3, -0.25) is 4.79 Å². The van der Waals surface area contributed by atoms with Gasteiger partial charge in [0.2, 0.25) is 5.91 Å². The number of carbonyl (C=O) groups excluding carboxylic acids is 2. The van der Waals surface area contributed by atoms with Crippen LogP contribution in [0.2, 0.25) is 0 Å². The molecule has 0 saturated carbocycles. The number of hydrogen-bond donors (Lipinski definition) is 0.